The van der Waals surface area contributed by atoms with Gasteiger partial charge in [-0.3, -0.25) is 14.4 Å². The Hall–Kier alpha value is -3.67. The lowest BCUT2D eigenvalue weighted by atomic mass is 10.0. The maximum atomic E-state index is 12.9. The monoisotopic (exact) mass is 1010 g/mol. The van der Waals surface area contributed by atoms with Crippen molar-refractivity contribution in [3.63, 3.8) is 0 Å². The molecule has 0 aromatic carbocycles. The largest absolute Gasteiger partial charge is 0.462 e. The van der Waals surface area contributed by atoms with E-state index in [0.29, 0.717) is 19.3 Å². The third-order valence-corrected chi connectivity index (χ3v) is 13.1. The molecule has 0 aliphatic carbocycles. The van der Waals surface area contributed by atoms with Crippen LogP contribution in [0.25, 0.3) is 0 Å². The van der Waals surface area contributed by atoms with Crippen LogP contribution in [0.2, 0.25) is 0 Å². The summed E-state index contributed by atoms with van der Waals surface area (Å²) >= 11 is 0. The van der Waals surface area contributed by atoms with Crippen LogP contribution in [0.5, 0.6) is 0 Å². The Morgan fingerprint density at radius 3 is 0.904 bits per heavy atom. The molecule has 0 aliphatic rings. The lowest BCUT2D eigenvalue weighted by Crippen LogP contribution is -2.30. The Balaban J connectivity index is 4.48. The van der Waals surface area contributed by atoms with Crippen LogP contribution in [-0.2, 0) is 28.6 Å². The van der Waals surface area contributed by atoms with Crippen molar-refractivity contribution >= 4 is 17.9 Å². The second-order valence-corrected chi connectivity index (χ2v) is 20.2. The van der Waals surface area contributed by atoms with E-state index in [1.54, 1.807) is 0 Å². The highest BCUT2D eigenvalue weighted by molar-refractivity contribution is 5.71. The molecule has 0 saturated heterocycles. The van der Waals surface area contributed by atoms with E-state index in [4.69, 9.17) is 14.2 Å². The molecule has 0 N–H and O–H groups in total. The molecule has 0 rings (SSSR count). The van der Waals surface area contributed by atoms with Crippen LogP contribution in [0.15, 0.2) is 97.2 Å². The van der Waals surface area contributed by atoms with Gasteiger partial charge in [-0.05, 0) is 89.9 Å². The van der Waals surface area contributed by atoms with Gasteiger partial charge in [-0.15, -0.1) is 0 Å². The molecule has 0 aromatic rings. The molecule has 0 heterocycles. The van der Waals surface area contributed by atoms with Crippen LogP contribution in [0.3, 0.4) is 0 Å². The van der Waals surface area contributed by atoms with Gasteiger partial charge in [0.1, 0.15) is 13.2 Å². The zero-order chi connectivity index (χ0) is 52.9. The summed E-state index contributed by atoms with van der Waals surface area (Å²) in [5, 5.41) is 0. The molecule has 0 fully saturated rings. The fourth-order valence-corrected chi connectivity index (χ4v) is 8.50. The van der Waals surface area contributed by atoms with Crippen molar-refractivity contribution in [2.75, 3.05) is 13.2 Å². The highest BCUT2D eigenvalue weighted by Crippen LogP contribution is 2.16. The maximum Gasteiger partial charge on any atom is 0.306 e. The molecule has 0 bridgehead atoms. The molecule has 6 nitrogen and oxygen atoms in total. The van der Waals surface area contributed by atoms with Crippen LogP contribution in [0, 0.1) is 0 Å². The third-order valence-electron chi connectivity index (χ3n) is 13.1. The highest BCUT2D eigenvalue weighted by atomic mass is 16.6. The molecule has 0 amide bonds. The summed E-state index contributed by atoms with van der Waals surface area (Å²) in [4.78, 5) is 38.2. The SMILES string of the molecule is CC/C=C\C/C=C\C/C=C\C/C=C\C/C=C\C/C=C\CCC(=O)OC(COC(=O)CCCCCCC/C=C\C/C=C\CCCCCC)COC(=O)CCCCCCCCCCCCCCCCCCCCCC. The van der Waals surface area contributed by atoms with E-state index in [0.717, 1.165) is 103 Å². The average Bonchev–Trinajstić information content (AvgIpc) is 3.39. The van der Waals surface area contributed by atoms with Crippen molar-refractivity contribution in [2.24, 2.45) is 0 Å². The number of hydrogen-bond acceptors (Lipinski definition) is 6. The minimum absolute atomic E-state index is 0.110. The quantitative estimate of drug-likeness (QED) is 0.0261. The first-order valence-electron chi connectivity index (χ1n) is 30.7. The standard InChI is InChI=1S/C67H114O6/c1-4-7-10-13-16-19-22-25-28-31-33-35-36-39-42-45-48-51-54-57-60-66(69)72-63-64(62-71-65(68)59-56-53-50-47-44-41-38-30-27-24-21-18-15-12-9-6-3)73-67(70)61-58-55-52-49-46-43-40-37-34-32-29-26-23-20-17-14-11-8-5-2/h8,11,17,20-21,24,26,29-30,34,37-38,43,46,52,55,64H,4-7,9-10,12-16,18-19,22-23,25,27-28,31-33,35-36,39-42,44-45,47-51,53-54,56-63H2,1-3H3/b11-8-,20-17-,24-21-,29-26-,37-34-,38-30-,46-43-,55-52-. The predicted octanol–water partition coefficient (Wildman–Crippen LogP) is 20.9. The number of unbranched alkanes of at least 4 members (excludes halogenated alkanes) is 28. The van der Waals surface area contributed by atoms with Crippen molar-refractivity contribution in [3.8, 4) is 0 Å². The van der Waals surface area contributed by atoms with Crippen LogP contribution in [0.1, 0.15) is 290 Å². The first-order chi connectivity index (χ1) is 36.0. The normalized spacial score (nSPS) is 12.8. The number of ether oxygens (including phenoxy) is 3. The molecular formula is C67H114O6. The van der Waals surface area contributed by atoms with Gasteiger partial charge in [0.05, 0.1) is 0 Å². The van der Waals surface area contributed by atoms with E-state index < -0.39 is 12.1 Å². The number of esters is 3. The molecule has 418 valence electrons. The molecule has 0 radical (unpaired) electrons. The Morgan fingerprint density at radius 1 is 0.288 bits per heavy atom. The lowest BCUT2D eigenvalue weighted by Gasteiger charge is -2.18. The van der Waals surface area contributed by atoms with Gasteiger partial charge in [0.2, 0.25) is 0 Å². The van der Waals surface area contributed by atoms with E-state index in [1.165, 1.54) is 141 Å². The van der Waals surface area contributed by atoms with Crippen molar-refractivity contribution in [2.45, 2.75) is 297 Å². The van der Waals surface area contributed by atoms with Gasteiger partial charge in [-0.1, -0.05) is 279 Å². The van der Waals surface area contributed by atoms with E-state index in [1.807, 2.05) is 6.08 Å². The zero-order valence-corrected chi connectivity index (χ0v) is 47.9. The van der Waals surface area contributed by atoms with E-state index >= 15 is 0 Å². The van der Waals surface area contributed by atoms with E-state index in [-0.39, 0.29) is 31.6 Å². The summed E-state index contributed by atoms with van der Waals surface area (Å²) < 4.78 is 16.8. The van der Waals surface area contributed by atoms with Crippen LogP contribution in [0.4, 0.5) is 0 Å². The summed E-state index contributed by atoms with van der Waals surface area (Å²) in [5.41, 5.74) is 0. The van der Waals surface area contributed by atoms with Gasteiger partial charge in [0.25, 0.3) is 0 Å². The highest BCUT2D eigenvalue weighted by Gasteiger charge is 2.19. The Labute approximate surface area is 451 Å². The molecule has 0 saturated carbocycles. The Bertz CT molecular complexity index is 1440. The predicted molar refractivity (Wildman–Crippen MR) is 316 cm³/mol. The minimum atomic E-state index is -0.824. The summed E-state index contributed by atoms with van der Waals surface area (Å²) in [7, 11) is 0. The van der Waals surface area contributed by atoms with Crippen LogP contribution >= 0.6 is 0 Å². The second-order valence-electron chi connectivity index (χ2n) is 20.2. The molecule has 6 heteroatoms. The second kappa shape index (κ2) is 60.9. The van der Waals surface area contributed by atoms with Gasteiger partial charge in [-0.25, -0.2) is 0 Å². The summed E-state index contributed by atoms with van der Waals surface area (Å²) in [6, 6.07) is 0. The van der Waals surface area contributed by atoms with E-state index in [9.17, 15) is 14.4 Å². The van der Waals surface area contributed by atoms with Gasteiger partial charge in [-0.2, -0.15) is 0 Å². The average molecular weight is 1020 g/mol. The number of rotatable bonds is 55. The van der Waals surface area contributed by atoms with Crippen molar-refractivity contribution in [1.29, 1.82) is 0 Å². The Morgan fingerprint density at radius 2 is 0.562 bits per heavy atom. The molecule has 0 aliphatic heterocycles. The minimum Gasteiger partial charge on any atom is -0.462 e. The molecule has 0 spiro atoms. The van der Waals surface area contributed by atoms with Gasteiger partial charge >= 0.3 is 17.9 Å². The third kappa shape index (κ3) is 59.1. The number of allylic oxidation sites excluding steroid dienone is 16. The van der Waals surface area contributed by atoms with Crippen molar-refractivity contribution in [3.05, 3.63) is 97.2 Å². The molecule has 0 aromatic heterocycles. The Kier molecular flexibility index (Phi) is 57.8. The van der Waals surface area contributed by atoms with Crippen LogP contribution < -0.4 is 0 Å². The van der Waals surface area contributed by atoms with Crippen LogP contribution in [-0.4, -0.2) is 37.2 Å². The lowest BCUT2D eigenvalue weighted by molar-refractivity contribution is -0.166. The zero-order valence-electron chi connectivity index (χ0n) is 47.9. The van der Waals surface area contributed by atoms with E-state index in [2.05, 4.69) is 112 Å². The van der Waals surface area contributed by atoms with Gasteiger partial charge in [0.15, 0.2) is 6.10 Å². The van der Waals surface area contributed by atoms with Crippen molar-refractivity contribution < 1.29 is 28.6 Å². The van der Waals surface area contributed by atoms with Gasteiger partial charge in [0, 0.05) is 19.3 Å². The summed E-state index contributed by atoms with van der Waals surface area (Å²) in [6.45, 7) is 6.46. The molecule has 1 atom stereocenters. The smallest absolute Gasteiger partial charge is 0.306 e. The number of hydrogen-bond donors (Lipinski definition) is 0. The molecule has 1 unspecified atom stereocenters. The van der Waals surface area contributed by atoms with Crippen molar-refractivity contribution in [1.82, 2.24) is 0 Å². The van der Waals surface area contributed by atoms with Gasteiger partial charge < -0.3 is 14.2 Å². The number of carbonyl (C=O) groups excluding carboxylic acids is 3. The topological polar surface area (TPSA) is 78.9 Å². The first kappa shape index (κ1) is 69.3. The summed E-state index contributed by atoms with van der Waals surface area (Å²) in [5.74, 6) is -1.00. The fraction of sp³-hybridized carbons (Fsp3) is 0.716. The maximum absolute atomic E-state index is 12.9. The first-order valence-corrected chi connectivity index (χ1v) is 30.7. The fourth-order valence-electron chi connectivity index (χ4n) is 8.50. The molecular weight excluding hydrogens is 901 g/mol. The summed E-state index contributed by atoms with van der Waals surface area (Å²) in [6.07, 6.45) is 81.3. The number of carbonyl (C=O) groups is 3. The molecule has 73 heavy (non-hydrogen) atoms.